The summed E-state index contributed by atoms with van der Waals surface area (Å²) in [6.07, 6.45) is 0. The molecule has 0 radical (unpaired) electrons. The number of rotatable bonds is 4. The SMILES string of the molecule is Cc1cc(C)c(NC(=O)c2ccc3nc(NC(=O)Nc4c(Cl)cccc4Cl)sc3c2)c(C)c1. The molecule has 1 aromatic heterocycles. The molecule has 0 unspecified atom stereocenters. The van der Waals surface area contributed by atoms with E-state index in [9.17, 15) is 9.59 Å². The fraction of sp³-hybridized carbons (Fsp3) is 0.125. The van der Waals surface area contributed by atoms with E-state index < -0.39 is 6.03 Å². The normalized spacial score (nSPS) is 10.8. The number of benzene rings is 3. The first-order chi connectivity index (χ1) is 15.7. The van der Waals surface area contributed by atoms with Gasteiger partial charge < -0.3 is 10.6 Å². The minimum atomic E-state index is -0.521. The van der Waals surface area contributed by atoms with Crippen LogP contribution in [0.3, 0.4) is 0 Å². The number of urea groups is 1. The van der Waals surface area contributed by atoms with Crippen LogP contribution in [0.25, 0.3) is 10.2 Å². The number of nitrogens with zero attached hydrogens (tertiary/aromatic N) is 1. The molecule has 3 amide bonds. The van der Waals surface area contributed by atoms with Gasteiger partial charge in [0.2, 0.25) is 0 Å². The number of carbonyl (C=O) groups excluding carboxylic acids is 2. The molecule has 0 saturated heterocycles. The molecule has 0 spiro atoms. The molecule has 0 fully saturated rings. The van der Waals surface area contributed by atoms with E-state index in [2.05, 4.69) is 20.9 Å². The molecule has 3 N–H and O–H groups in total. The van der Waals surface area contributed by atoms with Crippen LogP contribution in [0.1, 0.15) is 27.0 Å². The zero-order chi connectivity index (χ0) is 23.7. The maximum atomic E-state index is 12.9. The fourth-order valence-corrected chi connectivity index (χ4v) is 4.93. The first-order valence-electron chi connectivity index (χ1n) is 10.0. The van der Waals surface area contributed by atoms with Gasteiger partial charge in [-0.1, -0.05) is 58.3 Å². The van der Waals surface area contributed by atoms with Gasteiger partial charge in [-0.05, 0) is 62.2 Å². The summed E-state index contributed by atoms with van der Waals surface area (Å²) in [4.78, 5) is 29.7. The number of hydrogen-bond acceptors (Lipinski definition) is 4. The molecule has 33 heavy (non-hydrogen) atoms. The number of nitrogens with one attached hydrogen (secondary N) is 3. The van der Waals surface area contributed by atoms with Crippen molar-refractivity contribution in [3.05, 3.63) is 80.8 Å². The summed E-state index contributed by atoms with van der Waals surface area (Å²) in [5, 5.41) is 9.36. The molecule has 0 bridgehead atoms. The van der Waals surface area contributed by atoms with E-state index in [1.54, 1.807) is 36.4 Å². The van der Waals surface area contributed by atoms with E-state index in [1.165, 1.54) is 11.3 Å². The lowest BCUT2D eigenvalue weighted by atomic mass is 10.0. The van der Waals surface area contributed by atoms with E-state index in [0.29, 0.717) is 31.9 Å². The Morgan fingerprint density at radius 3 is 2.18 bits per heavy atom. The topological polar surface area (TPSA) is 83.1 Å². The number of fused-ring (bicyclic) bond motifs is 1. The summed E-state index contributed by atoms with van der Waals surface area (Å²) < 4.78 is 0.770. The van der Waals surface area contributed by atoms with Crippen LogP contribution < -0.4 is 16.0 Å². The number of carbonyl (C=O) groups is 2. The molecular formula is C24H20Cl2N4O2S. The van der Waals surface area contributed by atoms with Crippen molar-refractivity contribution in [1.29, 1.82) is 0 Å². The second-order valence-electron chi connectivity index (χ2n) is 7.61. The number of amides is 3. The van der Waals surface area contributed by atoms with E-state index >= 15 is 0 Å². The Balaban J connectivity index is 1.50. The summed E-state index contributed by atoms with van der Waals surface area (Å²) in [6.45, 7) is 5.97. The van der Waals surface area contributed by atoms with Crippen LogP contribution in [0.15, 0.2) is 48.5 Å². The van der Waals surface area contributed by atoms with Crippen molar-refractivity contribution in [2.75, 3.05) is 16.0 Å². The van der Waals surface area contributed by atoms with Crippen LogP contribution >= 0.6 is 34.5 Å². The minimum absolute atomic E-state index is 0.207. The summed E-state index contributed by atoms with van der Waals surface area (Å²) in [7, 11) is 0. The van der Waals surface area contributed by atoms with Crippen molar-refractivity contribution in [2.24, 2.45) is 0 Å². The number of aromatic nitrogens is 1. The quantitative estimate of drug-likeness (QED) is 0.273. The van der Waals surface area contributed by atoms with E-state index in [0.717, 1.165) is 27.1 Å². The van der Waals surface area contributed by atoms with Gasteiger partial charge in [-0.25, -0.2) is 9.78 Å². The van der Waals surface area contributed by atoms with Crippen LogP contribution in [0.5, 0.6) is 0 Å². The highest BCUT2D eigenvalue weighted by Gasteiger charge is 2.15. The highest BCUT2D eigenvalue weighted by Crippen LogP contribution is 2.31. The molecule has 4 rings (SSSR count). The van der Waals surface area contributed by atoms with E-state index in [1.807, 2.05) is 32.9 Å². The average molecular weight is 499 g/mol. The van der Waals surface area contributed by atoms with Gasteiger partial charge in [-0.2, -0.15) is 0 Å². The van der Waals surface area contributed by atoms with Gasteiger partial charge in [0, 0.05) is 11.3 Å². The van der Waals surface area contributed by atoms with Crippen molar-refractivity contribution in [2.45, 2.75) is 20.8 Å². The highest BCUT2D eigenvalue weighted by atomic mass is 35.5. The Bertz CT molecular complexity index is 1360. The zero-order valence-corrected chi connectivity index (χ0v) is 20.4. The second-order valence-corrected chi connectivity index (χ2v) is 9.45. The summed E-state index contributed by atoms with van der Waals surface area (Å²) in [6, 6.07) is 13.7. The molecule has 168 valence electrons. The van der Waals surface area contributed by atoms with Gasteiger partial charge in [0.25, 0.3) is 5.91 Å². The number of thiazole rings is 1. The van der Waals surface area contributed by atoms with Crippen molar-refractivity contribution < 1.29 is 9.59 Å². The predicted molar refractivity (Wildman–Crippen MR) is 137 cm³/mol. The predicted octanol–water partition coefficient (Wildman–Crippen LogP) is 7.42. The van der Waals surface area contributed by atoms with Crippen LogP contribution in [0, 0.1) is 20.8 Å². The van der Waals surface area contributed by atoms with Crippen molar-refractivity contribution in [1.82, 2.24) is 4.98 Å². The largest absolute Gasteiger partial charge is 0.325 e. The number of para-hydroxylation sites is 1. The third-order valence-electron chi connectivity index (χ3n) is 4.99. The van der Waals surface area contributed by atoms with Crippen molar-refractivity contribution in [3.63, 3.8) is 0 Å². The molecule has 9 heteroatoms. The molecule has 0 aliphatic rings. The lowest BCUT2D eigenvalue weighted by molar-refractivity contribution is 0.102. The standard InChI is InChI=1S/C24H20Cl2N4O2S/c1-12-9-13(2)20(14(3)10-12)28-22(31)15-7-8-18-19(11-15)33-24(27-18)30-23(32)29-21-16(25)5-4-6-17(21)26/h4-11H,1-3H3,(H,28,31)(H2,27,29,30,32). The molecule has 0 aliphatic heterocycles. The first kappa shape index (κ1) is 23.0. The average Bonchev–Trinajstić information content (AvgIpc) is 3.14. The van der Waals surface area contributed by atoms with Gasteiger partial charge in [0.15, 0.2) is 5.13 Å². The molecule has 4 aromatic rings. The molecule has 1 heterocycles. The molecule has 0 saturated carbocycles. The van der Waals surface area contributed by atoms with Crippen LogP contribution in [-0.4, -0.2) is 16.9 Å². The molecular weight excluding hydrogens is 479 g/mol. The maximum Gasteiger partial charge on any atom is 0.325 e. The fourth-order valence-electron chi connectivity index (χ4n) is 3.54. The van der Waals surface area contributed by atoms with Gasteiger partial charge in [0.1, 0.15) is 0 Å². The maximum absolute atomic E-state index is 12.9. The third-order valence-corrected chi connectivity index (χ3v) is 6.55. The zero-order valence-electron chi connectivity index (χ0n) is 18.0. The summed E-state index contributed by atoms with van der Waals surface area (Å²) in [5.41, 5.74) is 5.48. The summed E-state index contributed by atoms with van der Waals surface area (Å²) in [5.74, 6) is -0.207. The lowest BCUT2D eigenvalue weighted by Crippen LogP contribution is -2.19. The summed E-state index contributed by atoms with van der Waals surface area (Å²) >= 11 is 13.5. The van der Waals surface area contributed by atoms with Crippen LogP contribution in [0.4, 0.5) is 21.3 Å². The Hall–Kier alpha value is -3.13. The van der Waals surface area contributed by atoms with Gasteiger partial charge in [-0.3, -0.25) is 10.1 Å². The molecule has 3 aromatic carbocycles. The first-order valence-corrected chi connectivity index (χ1v) is 11.6. The second kappa shape index (κ2) is 9.39. The van der Waals surface area contributed by atoms with Gasteiger partial charge >= 0.3 is 6.03 Å². The monoisotopic (exact) mass is 498 g/mol. The highest BCUT2D eigenvalue weighted by molar-refractivity contribution is 7.22. The Kier molecular flexibility index (Phi) is 6.56. The van der Waals surface area contributed by atoms with Crippen LogP contribution in [-0.2, 0) is 0 Å². The van der Waals surface area contributed by atoms with Crippen molar-refractivity contribution >= 4 is 73.2 Å². The Morgan fingerprint density at radius 2 is 1.52 bits per heavy atom. The smallest absolute Gasteiger partial charge is 0.322 e. The number of halogens is 2. The minimum Gasteiger partial charge on any atom is -0.322 e. The number of anilines is 3. The van der Waals surface area contributed by atoms with Gasteiger partial charge in [0.05, 0.1) is 25.9 Å². The molecule has 6 nitrogen and oxygen atoms in total. The van der Waals surface area contributed by atoms with E-state index in [-0.39, 0.29) is 5.91 Å². The molecule has 0 aliphatic carbocycles. The third kappa shape index (κ3) is 5.11. The van der Waals surface area contributed by atoms with E-state index in [4.69, 9.17) is 23.2 Å². The van der Waals surface area contributed by atoms with Crippen LogP contribution in [0.2, 0.25) is 10.0 Å². The lowest BCUT2D eigenvalue weighted by Gasteiger charge is -2.12. The van der Waals surface area contributed by atoms with Crippen molar-refractivity contribution in [3.8, 4) is 0 Å². The number of hydrogen-bond donors (Lipinski definition) is 3. The molecule has 0 atom stereocenters. The van der Waals surface area contributed by atoms with Gasteiger partial charge in [-0.15, -0.1) is 0 Å². The number of aryl methyl sites for hydroxylation is 3. The Labute approximate surface area is 204 Å². The Morgan fingerprint density at radius 1 is 0.848 bits per heavy atom.